The summed E-state index contributed by atoms with van der Waals surface area (Å²) in [6.07, 6.45) is -1.43. The molecule has 2 N–H and O–H groups in total. The predicted molar refractivity (Wildman–Crippen MR) is 73.5 cm³/mol. The molecule has 2 aromatic rings. The number of carbonyl (C=O) groups is 1. The van der Waals surface area contributed by atoms with Gasteiger partial charge in [-0.05, 0) is 24.3 Å². The van der Waals surface area contributed by atoms with E-state index >= 15 is 0 Å². The van der Waals surface area contributed by atoms with E-state index in [0.29, 0.717) is 0 Å². The van der Waals surface area contributed by atoms with Crippen LogP contribution in [0.1, 0.15) is 0 Å². The van der Waals surface area contributed by atoms with E-state index in [0.717, 1.165) is 11.4 Å². The van der Waals surface area contributed by atoms with E-state index in [1.807, 2.05) is 60.7 Å². The average Bonchev–Trinajstić information content (AvgIpc) is 2.46. The Morgan fingerprint density at radius 1 is 0.947 bits per heavy atom. The van der Waals surface area contributed by atoms with Crippen molar-refractivity contribution in [3.63, 3.8) is 0 Å². The van der Waals surface area contributed by atoms with Crippen LogP contribution in [0.2, 0.25) is 0 Å². The highest BCUT2D eigenvalue weighted by atomic mass is 16.4. The summed E-state index contributed by atoms with van der Waals surface area (Å²) < 4.78 is 0. The zero-order valence-electron chi connectivity index (χ0n) is 10.3. The van der Waals surface area contributed by atoms with Gasteiger partial charge < -0.3 is 15.1 Å². The number of carboxylic acid groups (broad SMARTS) is 1. The van der Waals surface area contributed by atoms with Crippen LogP contribution in [0.15, 0.2) is 60.7 Å². The van der Waals surface area contributed by atoms with Crippen molar-refractivity contribution >= 4 is 17.3 Å². The molecule has 2 rings (SSSR count). The van der Waals surface area contributed by atoms with Gasteiger partial charge in [-0.2, -0.15) is 0 Å². The van der Waals surface area contributed by atoms with Gasteiger partial charge in [-0.3, -0.25) is 0 Å². The lowest BCUT2D eigenvalue weighted by molar-refractivity contribution is -0.145. The molecule has 98 valence electrons. The number of anilines is 2. The van der Waals surface area contributed by atoms with Crippen LogP contribution in [0.25, 0.3) is 0 Å². The summed E-state index contributed by atoms with van der Waals surface area (Å²) in [5, 5.41) is 18.4. The largest absolute Gasteiger partial charge is 0.479 e. The summed E-state index contributed by atoms with van der Waals surface area (Å²) >= 11 is 0. The van der Waals surface area contributed by atoms with Crippen molar-refractivity contribution in [2.75, 3.05) is 11.4 Å². The third-order valence-electron chi connectivity index (χ3n) is 2.78. The van der Waals surface area contributed by atoms with Crippen molar-refractivity contribution in [3.8, 4) is 0 Å². The maximum absolute atomic E-state index is 10.8. The van der Waals surface area contributed by atoms with Gasteiger partial charge in [0.25, 0.3) is 0 Å². The molecule has 4 nitrogen and oxygen atoms in total. The summed E-state index contributed by atoms with van der Waals surface area (Å²) in [5.41, 5.74) is 1.68. The maximum atomic E-state index is 10.8. The Bertz CT molecular complexity index is 488. The van der Waals surface area contributed by atoms with Crippen LogP contribution < -0.4 is 4.90 Å². The van der Waals surface area contributed by atoms with Crippen molar-refractivity contribution in [2.24, 2.45) is 0 Å². The van der Waals surface area contributed by atoms with Crippen molar-refractivity contribution in [3.05, 3.63) is 60.7 Å². The molecule has 0 radical (unpaired) electrons. The second-order valence-corrected chi connectivity index (χ2v) is 4.14. The first-order chi connectivity index (χ1) is 9.18. The lowest BCUT2D eigenvalue weighted by atomic mass is 10.2. The number of aliphatic carboxylic acids is 1. The molecule has 0 heterocycles. The van der Waals surface area contributed by atoms with E-state index in [2.05, 4.69) is 0 Å². The monoisotopic (exact) mass is 257 g/mol. The van der Waals surface area contributed by atoms with Gasteiger partial charge in [0.05, 0.1) is 6.54 Å². The van der Waals surface area contributed by atoms with Gasteiger partial charge in [0.2, 0.25) is 0 Å². The third-order valence-corrected chi connectivity index (χ3v) is 2.78. The number of carboxylic acids is 1. The molecule has 0 aliphatic heterocycles. The van der Waals surface area contributed by atoms with Crippen molar-refractivity contribution in [2.45, 2.75) is 6.10 Å². The van der Waals surface area contributed by atoms with E-state index in [1.54, 1.807) is 4.90 Å². The van der Waals surface area contributed by atoms with Gasteiger partial charge in [-0.25, -0.2) is 4.79 Å². The van der Waals surface area contributed by atoms with Gasteiger partial charge in [0, 0.05) is 11.4 Å². The summed E-state index contributed by atoms with van der Waals surface area (Å²) in [4.78, 5) is 12.6. The Morgan fingerprint density at radius 2 is 1.37 bits per heavy atom. The van der Waals surface area contributed by atoms with Gasteiger partial charge in [0.1, 0.15) is 0 Å². The molecule has 0 aliphatic rings. The number of aliphatic hydroxyl groups excluding tert-OH is 1. The summed E-state index contributed by atoms with van der Waals surface area (Å²) in [6, 6.07) is 18.8. The predicted octanol–water partition coefficient (Wildman–Crippen LogP) is 2.27. The fourth-order valence-electron chi connectivity index (χ4n) is 1.83. The lowest BCUT2D eigenvalue weighted by Crippen LogP contribution is -2.34. The van der Waals surface area contributed by atoms with E-state index in [4.69, 9.17) is 5.11 Å². The zero-order valence-corrected chi connectivity index (χ0v) is 10.3. The minimum atomic E-state index is -1.43. The number of aliphatic hydroxyl groups is 1. The highest BCUT2D eigenvalue weighted by Gasteiger charge is 2.19. The number of hydrogen-bond donors (Lipinski definition) is 2. The number of hydrogen-bond acceptors (Lipinski definition) is 3. The lowest BCUT2D eigenvalue weighted by Gasteiger charge is -2.26. The van der Waals surface area contributed by atoms with E-state index < -0.39 is 12.1 Å². The first-order valence-electron chi connectivity index (χ1n) is 5.97. The van der Waals surface area contributed by atoms with Gasteiger partial charge in [-0.15, -0.1) is 0 Å². The number of para-hydroxylation sites is 2. The molecule has 0 unspecified atom stereocenters. The molecular formula is C15H15NO3. The molecule has 19 heavy (non-hydrogen) atoms. The standard InChI is InChI=1S/C15H15NO3/c17-14(15(18)19)11-16(12-7-3-1-4-8-12)13-9-5-2-6-10-13/h1-10,14,17H,11H2,(H,18,19)/t14-/m1/s1. The van der Waals surface area contributed by atoms with Crippen LogP contribution in [0.3, 0.4) is 0 Å². The molecule has 2 aromatic carbocycles. The molecule has 0 fully saturated rings. The molecule has 0 amide bonds. The summed E-state index contributed by atoms with van der Waals surface area (Å²) in [6.45, 7) is 0.00333. The second kappa shape index (κ2) is 6.02. The zero-order chi connectivity index (χ0) is 13.7. The SMILES string of the molecule is O=C(O)[C@H](O)CN(c1ccccc1)c1ccccc1. The van der Waals surface area contributed by atoms with Crippen LogP contribution in [-0.4, -0.2) is 28.8 Å². The van der Waals surface area contributed by atoms with E-state index in [-0.39, 0.29) is 6.54 Å². The van der Waals surface area contributed by atoms with Gasteiger partial charge in [-0.1, -0.05) is 36.4 Å². The molecule has 4 heteroatoms. The molecule has 0 bridgehead atoms. The Balaban J connectivity index is 2.32. The average molecular weight is 257 g/mol. The van der Waals surface area contributed by atoms with Gasteiger partial charge >= 0.3 is 5.97 Å². The topological polar surface area (TPSA) is 60.8 Å². The van der Waals surface area contributed by atoms with Crippen LogP contribution in [0, 0.1) is 0 Å². The third kappa shape index (κ3) is 3.33. The number of nitrogens with zero attached hydrogens (tertiary/aromatic N) is 1. The highest BCUT2D eigenvalue weighted by Crippen LogP contribution is 2.24. The van der Waals surface area contributed by atoms with Crippen LogP contribution >= 0.6 is 0 Å². The molecule has 0 spiro atoms. The van der Waals surface area contributed by atoms with Crippen molar-refractivity contribution < 1.29 is 15.0 Å². The highest BCUT2D eigenvalue weighted by molar-refractivity contribution is 5.74. The minimum Gasteiger partial charge on any atom is -0.479 e. The fraction of sp³-hybridized carbons (Fsp3) is 0.133. The molecule has 0 saturated carbocycles. The van der Waals surface area contributed by atoms with Crippen LogP contribution in [-0.2, 0) is 4.79 Å². The quantitative estimate of drug-likeness (QED) is 0.862. The molecular weight excluding hydrogens is 242 g/mol. The summed E-state index contributed by atoms with van der Waals surface area (Å²) in [7, 11) is 0. The first-order valence-corrected chi connectivity index (χ1v) is 5.97. The Hall–Kier alpha value is -2.33. The Labute approximate surface area is 111 Å². The molecule has 1 atom stereocenters. The van der Waals surface area contributed by atoms with Crippen LogP contribution in [0.4, 0.5) is 11.4 Å². The minimum absolute atomic E-state index is 0.00333. The van der Waals surface area contributed by atoms with E-state index in [1.165, 1.54) is 0 Å². The van der Waals surface area contributed by atoms with Crippen molar-refractivity contribution in [1.82, 2.24) is 0 Å². The molecule has 0 saturated heterocycles. The number of benzene rings is 2. The molecule has 0 aliphatic carbocycles. The molecule has 0 aromatic heterocycles. The Morgan fingerprint density at radius 3 is 1.74 bits per heavy atom. The summed E-state index contributed by atoms with van der Waals surface area (Å²) in [5.74, 6) is -1.23. The second-order valence-electron chi connectivity index (χ2n) is 4.14. The maximum Gasteiger partial charge on any atom is 0.334 e. The van der Waals surface area contributed by atoms with Gasteiger partial charge in [0.15, 0.2) is 6.10 Å². The normalized spacial score (nSPS) is 11.8. The Kier molecular flexibility index (Phi) is 4.15. The van der Waals surface area contributed by atoms with E-state index in [9.17, 15) is 9.90 Å². The van der Waals surface area contributed by atoms with Crippen LogP contribution in [0.5, 0.6) is 0 Å². The fourth-order valence-corrected chi connectivity index (χ4v) is 1.83. The smallest absolute Gasteiger partial charge is 0.334 e. The van der Waals surface area contributed by atoms with Crippen molar-refractivity contribution in [1.29, 1.82) is 0 Å². The number of rotatable bonds is 5. The first kappa shape index (κ1) is 13.1.